The number of carbonyl (C=O) groups is 2. The number of nitrogens with zero attached hydrogens (tertiary/aromatic N) is 1. The van der Waals surface area contributed by atoms with Gasteiger partial charge in [-0.15, -0.1) is 11.3 Å². The van der Waals surface area contributed by atoms with Gasteiger partial charge >= 0.3 is 11.9 Å². The van der Waals surface area contributed by atoms with Crippen LogP contribution in [0.25, 0.3) is 10.4 Å². The van der Waals surface area contributed by atoms with Gasteiger partial charge in [0.25, 0.3) is 0 Å². The molecule has 0 amide bonds. The molecule has 1 heterocycles. The van der Waals surface area contributed by atoms with Crippen molar-refractivity contribution >= 4 is 44.9 Å². The Bertz CT molecular complexity index is 1200. The standard InChI is InChI=1S/C24H21BrN2O5S/c1-3-31-19(28)14-32-21-20(25)22(33-23(21)24(29)30-2)17-8-5-9-18(11-17)27-13-16-7-4-6-15(10-16)12-26/h4-11,27H,3,13-14H2,1-2H3. The minimum absolute atomic E-state index is 0.238. The number of hydrogen-bond acceptors (Lipinski definition) is 8. The maximum absolute atomic E-state index is 12.3. The van der Waals surface area contributed by atoms with E-state index in [9.17, 15) is 9.59 Å². The van der Waals surface area contributed by atoms with Gasteiger partial charge < -0.3 is 19.5 Å². The Balaban J connectivity index is 1.85. The monoisotopic (exact) mass is 528 g/mol. The lowest BCUT2D eigenvalue weighted by Crippen LogP contribution is -2.15. The summed E-state index contributed by atoms with van der Waals surface area (Å²) in [7, 11) is 1.29. The van der Waals surface area contributed by atoms with Gasteiger partial charge in [-0.2, -0.15) is 5.26 Å². The number of benzene rings is 2. The highest BCUT2D eigenvalue weighted by Crippen LogP contribution is 2.46. The molecule has 170 valence electrons. The number of nitrogens with one attached hydrogen (secondary N) is 1. The minimum Gasteiger partial charge on any atom is -0.479 e. The number of ether oxygens (including phenoxy) is 3. The van der Waals surface area contributed by atoms with Crippen LogP contribution < -0.4 is 10.1 Å². The summed E-state index contributed by atoms with van der Waals surface area (Å²) < 4.78 is 15.9. The van der Waals surface area contributed by atoms with Crippen LogP contribution in [0, 0.1) is 11.3 Å². The second kappa shape index (κ2) is 11.5. The van der Waals surface area contributed by atoms with Gasteiger partial charge in [0.15, 0.2) is 17.2 Å². The molecule has 3 rings (SSSR count). The molecule has 0 aliphatic heterocycles. The van der Waals surface area contributed by atoms with Crippen LogP contribution in [0.1, 0.15) is 27.7 Å². The fourth-order valence-electron chi connectivity index (χ4n) is 3.00. The highest BCUT2D eigenvalue weighted by atomic mass is 79.9. The van der Waals surface area contributed by atoms with Crippen LogP contribution in [0.15, 0.2) is 53.0 Å². The quantitative estimate of drug-likeness (QED) is 0.371. The van der Waals surface area contributed by atoms with E-state index >= 15 is 0 Å². The molecule has 0 spiro atoms. The molecular formula is C24H21BrN2O5S. The zero-order valence-corrected chi connectivity index (χ0v) is 20.4. The van der Waals surface area contributed by atoms with Gasteiger partial charge in [-0.3, -0.25) is 0 Å². The largest absolute Gasteiger partial charge is 0.479 e. The van der Waals surface area contributed by atoms with Crippen molar-refractivity contribution in [1.29, 1.82) is 5.26 Å². The van der Waals surface area contributed by atoms with Crippen molar-refractivity contribution in [3.05, 3.63) is 69.0 Å². The number of anilines is 1. The molecule has 1 aromatic heterocycles. The average molecular weight is 529 g/mol. The number of thiophene rings is 1. The van der Waals surface area contributed by atoms with Gasteiger partial charge in [-0.05, 0) is 58.2 Å². The SMILES string of the molecule is CCOC(=O)COc1c(C(=O)OC)sc(-c2cccc(NCc3cccc(C#N)c3)c2)c1Br. The predicted molar refractivity (Wildman–Crippen MR) is 129 cm³/mol. The summed E-state index contributed by atoms with van der Waals surface area (Å²) in [5, 5.41) is 12.4. The molecule has 2 aromatic carbocycles. The van der Waals surface area contributed by atoms with Crippen LogP contribution in [-0.2, 0) is 20.8 Å². The molecule has 0 bridgehead atoms. The summed E-state index contributed by atoms with van der Waals surface area (Å²) in [4.78, 5) is 25.0. The number of methoxy groups -OCH3 is 1. The van der Waals surface area contributed by atoms with Crippen molar-refractivity contribution in [2.75, 3.05) is 25.6 Å². The van der Waals surface area contributed by atoms with Crippen LogP contribution in [0.5, 0.6) is 5.75 Å². The number of esters is 2. The molecule has 0 saturated heterocycles. The van der Waals surface area contributed by atoms with Crippen LogP contribution in [0.3, 0.4) is 0 Å². The van der Waals surface area contributed by atoms with Gasteiger partial charge in [-0.1, -0.05) is 24.3 Å². The maximum atomic E-state index is 12.3. The zero-order chi connectivity index (χ0) is 23.8. The molecule has 0 aliphatic carbocycles. The molecule has 0 aliphatic rings. The Morgan fingerprint density at radius 1 is 1.18 bits per heavy atom. The fourth-order valence-corrected chi connectivity index (χ4v) is 4.96. The van der Waals surface area contributed by atoms with Gasteiger partial charge in [0.1, 0.15) is 0 Å². The lowest BCUT2D eigenvalue weighted by Gasteiger charge is -2.09. The Morgan fingerprint density at radius 2 is 1.97 bits per heavy atom. The zero-order valence-electron chi connectivity index (χ0n) is 18.0. The summed E-state index contributed by atoms with van der Waals surface area (Å²) >= 11 is 4.72. The average Bonchev–Trinajstić information content (AvgIpc) is 3.17. The van der Waals surface area contributed by atoms with Crippen LogP contribution in [-0.4, -0.2) is 32.3 Å². The van der Waals surface area contributed by atoms with E-state index in [4.69, 9.17) is 19.5 Å². The Hall–Kier alpha value is -3.35. The van der Waals surface area contributed by atoms with Gasteiger partial charge in [0, 0.05) is 12.2 Å². The number of hydrogen-bond donors (Lipinski definition) is 1. The number of nitriles is 1. The first-order valence-electron chi connectivity index (χ1n) is 9.99. The normalized spacial score (nSPS) is 10.2. The molecule has 0 fully saturated rings. The van der Waals surface area contributed by atoms with Crippen molar-refractivity contribution in [3.8, 4) is 22.3 Å². The Labute approximate surface area is 204 Å². The van der Waals surface area contributed by atoms with Crippen LogP contribution >= 0.6 is 27.3 Å². The molecule has 33 heavy (non-hydrogen) atoms. The Kier molecular flexibility index (Phi) is 8.46. The van der Waals surface area contributed by atoms with E-state index in [2.05, 4.69) is 27.3 Å². The van der Waals surface area contributed by atoms with Crippen molar-refractivity contribution in [1.82, 2.24) is 0 Å². The van der Waals surface area contributed by atoms with E-state index in [1.54, 1.807) is 13.0 Å². The van der Waals surface area contributed by atoms with E-state index in [1.165, 1.54) is 18.4 Å². The fraction of sp³-hybridized carbons (Fsp3) is 0.208. The van der Waals surface area contributed by atoms with Crippen molar-refractivity contribution in [2.24, 2.45) is 0 Å². The van der Waals surface area contributed by atoms with E-state index in [0.717, 1.165) is 21.7 Å². The molecule has 7 nitrogen and oxygen atoms in total. The summed E-state index contributed by atoms with van der Waals surface area (Å²) in [6.45, 7) is 2.17. The topological polar surface area (TPSA) is 97.7 Å². The second-order valence-electron chi connectivity index (χ2n) is 6.74. The van der Waals surface area contributed by atoms with Crippen molar-refractivity contribution in [2.45, 2.75) is 13.5 Å². The van der Waals surface area contributed by atoms with Gasteiger partial charge in [0.2, 0.25) is 0 Å². The number of carbonyl (C=O) groups excluding carboxylic acids is 2. The van der Waals surface area contributed by atoms with Crippen molar-refractivity contribution < 1.29 is 23.8 Å². The molecule has 3 aromatic rings. The third-order valence-corrected chi connectivity index (χ3v) is 6.72. The number of rotatable bonds is 9. The summed E-state index contributed by atoms with van der Waals surface area (Å²) in [5.41, 5.74) is 3.30. The predicted octanol–water partition coefficient (Wildman–Crippen LogP) is 5.39. The Morgan fingerprint density at radius 3 is 2.70 bits per heavy atom. The maximum Gasteiger partial charge on any atom is 0.351 e. The van der Waals surface area contributed by atoms with E-state index in [-0.39, 0.29) is 23.8 Å². The molecule has 9 heteroatoms. The third kappa shape index (κ3) is 6.12. The number of halogens is 1. The molecule has 0 atom stereocenters. The molecule has 0 saturated carbocycles. The van der Waals surface area contributed by atoms with Gasteiger partial charge in [0.05, 0.1) is 34.7 Å². The lowest BCUT2D eigenvalue weighted by atomic mass is 10.1. The van der Waals surface area contributed by atoms with E-state index in [1.807, 2.05) is 42.5 Å². The van der Waals surface area contributed by atoms with Gasteiger partial charge in [-0.25, -0.2) is 9.59 Å². The molecule has 1 N–H and O–H groups in total. The molecule has 0 radical (unpaired) electrons. The first kappa shape index (κ1) is 24.3. The first-order valence-corrected chi connectivity index (χ1v) is 11.6. The summed E-state index contributed by atoms with van der Waals surface area (Å²) in [6, 6.07) is 17.2. The molecular weight excluding hydrogens is 508 g/mol. The smallest absolute Gasteiger partial charge is 0.351 e. The highest BCUT2D eigenvalue weighted by Gasteiger charge is 2.25. The lowest BCUT2D eigenvalue weighted by molar-refractivity contribution is -0.145. The van der Waals surface area contributed by atoms with E-state index < -0.39 is 11.9 Å². The third-order valence-electron chi connectivity index (χ3n) is 4.50. The summed E-state index contributed by atoms with van der Waals surface area (Å²) in [6.07, 6.45) is 0. The van der Waals surface area contributed by atoms with Crippen molar-refractivity contribution in [3.63, 3.8) is 0 Å². The second-order valence-corrected chi connectivity index (χ2v) is 8.55. The minimum atomic E-state index is -0.558. The molecule has 0 unspecified atom stereocenters. The van der Waals surface area contributed by atoms with Crippen LogP contribution in [0.2, 0.25) is 0 Å². The van der Waals surface area contributed by atoms with E-state index in [0.29, 0.717) is 16.6 Å². The highest BCUT2D eigenvalue weighted by molar-refractivity contribution is 9.10. The summed E-state index contributed by atoms with van der Waals surface area (Å²) in [5.74, 6) is -0.848. The van der Waals surface area contributed by atoms with Crippen LogP contribution in [0.4, 0.5) is 5.69 Å². The first-order chi connectivity index (χ1) is 16.0.